The molecule has 0 spiro atoms. The summed E-state index contributed by atoms with van der Waals surface area (Å²) in [5.74, 6) is -4.15. The summed E-state index contributed by atoms with van der Waals surface area (Å²) in [6, 6.07) is 7.33. The van der Waals surface area contributed by atoms with Crippen LogP contribution in [0.1, 0.15) is 52.9 Å². The van der Waals surface area contributed by atoms with Crippen molar-refractivity contribution >= 4 is 35.0 Å². The van der Waals surface area contributed by atoms with E-state index in [1.165, 1.54) is 23.1 Å². The van der Waals surface area contributed by atoms with E-state index in [4.69, 9.17) is 11.6 Å². The van der Waals surface area contributed by atoms with E-state index in [9.17, 15) is 45.1 Å². The first-order chi connectivity index (χ1) is 21.0. The van der Waals surface area contributed by atoms with E-state index in [2.05, 4.69) is 10.6 Å². The van der Waals surface area contributed by atoms with Crippen molar-refractivity contribution in [3.05, 3.63) is 99.3 Å². The summed E-state index contributed by atoms with van der Waals surface area (Å²) in [6.45, 7) is 3.29. The molecule has 1 aliphatic heterocycles. The zero-order valence-electron chi connectivity index (χ0n) is 23.8. The summed E-state index contributed by atoms with van der Waals surface area (Å²) in [5, 5.41) is 4.97. The summed E-state index contributed by atoms with van der Waals surface area (Å²) < 4.78 is 94.8. The van der Waals surface area contributed by atoms with Crippen molar-refractivity contribution < 1.29 is 45.1 Å². The Hall–Kier alpha value is -4.13. The predicted molar refractivity (Wildman–Crippen MR) is 152 cm³/mol. The molecule has 0 aliphatic carbocycles. The van der Waals surface area contributed by atoms with Crippen LogP contribution in [0.25, 0.3) is 0 Å². The van der Waals surface area contributed by atoms with Gasteiger partial charge in [-0.15, -0.1) is 0 Å². The molecule has 1 heterocycles. The largest absolute Gasteiger partial charge is 0.417 e. The zero-order valence-corrected chi connectivity index (χ0v) is 24.6. The van der Waals surface area contributed by atoms with Crippen molar-refractivity contribution in [1.29, 1.82) is 0 Å². The maximum absolute atomic E-state index is 13.7. The highest BCUT2D eigenvalue weighted by Gasteiger charge is 2.39. The third-order valence-corrected chi connectivity index (χ3v) is 7.64. The molecule has 1 unspecified atom stereocenters. The van der Waals surface area contributed by atoms with Gasteiger partial charge < -0.3 is 15.5 Å². The minimum Gasteiger partial charge on any atom is -0.342 e. The lowest BCUT2D eigenvalue weighted by molar-refractivity contribution is -0.138. The van der Waals surface area contributed by atoms with Crippen LogP contribution in [0.15, 0.2) is 60.7 Å². The lowest BCUT2D eigenvalue weighted by atomic mass is 10.0. The van der Waals surface area contributed by atoms with Crippen molar-refractivity contribution in [2.24, 2.45) is 0 Å². The quantitative estimate of drug-likeness (QED) is 0.277. The third kappa shape index (κ3) is 7.75. The number of nitrogens with one attached hydrogen (secondary N) is 2. The van der Waals surface area contributed by atoms with Gasteiger partial charge in [0.25, 0.3) is 5.91 Å². The molecule has 240 valence electrons. The van der Waals surface area contributed by atoms with Gasteiger partial charge in [-0.25, -0.2) is 4.39 Å². The molecule has 3 aromatic carbocycles. The lowest BCUT2D eigenvalue weighted by Crippen LogP contribution is -2.55. The number of carbonyl (C=O) groups is 3. The van der Waals surface area contributed by atoms with Gasteiger partial charge in [-0.3, -0.25) is 14.4 Å². The molecule has 0 aromatic heterocycles. The van der Waals surface area contributed by atoms with Crippen molar-refractivity contribution in [1.82, 2.24) is 10.6 Å². The maximum atomic E-state index is 13.7. The molecule has 0 fully saturated rings. The van der Waals surface area contributed by atoms with Crippen LogP contribution in [0, 0.1) is 5.82 Å². The van der Waals surface area contributed by atoms with Gasteiger partial charge in [0.05, 0.1) is 16.7 Å². The molecular formula is C31H27ClF7N3O3. The van der Waals surface area contributed by atoms with Gasteiger partial charge >= 0.3 is 12.4 Å². The SMILES string of the molecule is CC(C)N1C(=O)C(NC(=O)[C@@H](Cc2ccccc2Cl)NC(=O)c2ccc(F)cc2C(F)(F)F)CCc2cc(C(F)(F)F)ccc21. The molecule has 2 N–H and O–H groups in total. The molecule has 1 aliphatic rings. The van der Waals surface area contributed by atoms with E-state index < -0.39 is 70.7 Å². The number of carbonyl (C=O) groups excluding carboxylic acids is 3. The van der Waals surface area contributed by atoms with E-state index in [0.717, 1.165) is 12.1 Å². The van der Waals surface area contributed by atoms with E-state index in [1.54, 1.807) is 26.0 Å². The zero-order chi connectivity index (χ0) is 33.3. The van der Waals surface area contributed by atoms with E-state index in [1.807, 2.05) is 0 Å². The van der Waals surface area contributed by atoms with Gasteiger partial charge in [-0.2, -0.15) is 26.3 Å². The number of benzene rings is 3. The molecule has 4 rings (SSSR count). The molecule has 0 radical (unpaired) electrons. The van der Waals surface area contributed by atoms with Crippen LogP contribution in [0.3, 0.4) is 0 Å². The Morgan fingerprint density at radius 1 is 0.978 bits per heavy atom. The number of anilines is 1. The van der Waals surface area contributed by atoms with E-state index in [0.29, 0.717) is 17.7 Å². The molecule has 3 amide bonds. The monoisotopic (exact) mass is 657 g/mol. The highest BCUT2D eigenvalue weighted by molar-refractivity contribution is 6.31. The van der Waals surface area contributed by atoms with Crippen LogP contribution in [0.5, 0.6) is 0 Å². The third-order valence-electron chi connectivity index (χ3n) is 7.27. The average Bonchev–Trinajstić information content (AvgIpc) is 3.08. The van der Waals surface area contributed by atoms with Crippen molar-refractivity contribution in [2.45, 2.75) is 63.6 Å². The smallest absolute Gasteiger partial charge is 0.342 e. The molecule has 0 bridgehead atoms. The fourth-order valence-electron chi connectivity index (χ4n) is 5.12. The Kier molecular flexibility index (Phi) is 9.81. The average molecular weight is 658 g/mol. The summed E-state index contributed by atoms with van der Waals surface area (Å²) >= 11 is 6.24. The summed E-state index contributed by atoms with van der Waals surface area (Å²) in [7, 11) is 0. The second-order valence-electron chi connectivity index (χ2n) is 10.8. The first-order valence-electron chi connectivity index (χ1n) is 13.7. The number of nitrogens with zero attached hydrogens (tertiary/aromatic N) is 1. The molecule has 2 atom stereocenters. The number of amides is 3. The first-order valence-corrected chi connectivity index (χ1v) is 14.1. The van der Waals surface area contributed by atoms with Crippen LogP contribution < -0.4 is 15.5 Å². The fraction of sp³-hybridized carbons (Fsp3) is 0.323. The van der Waals surface area contributed by atoms with E-state index in [-0.39, 0.29) is 41.6 Å². The van der Waals surface area contributed by atoms with Crippen LogP contribution >= 0.6 is 11.6 Å². The highest BCUT2D eigenvalue weighted by atomic mass is 35.5. The molecule has 0 saturated carbocycles. The van der Waals surface area contributed by atoms with Crippen molar-refractivity contribution in [2.75, 3.05) is 4.90 Å². The number of halogens is 8. The van der Waals surface area contributed by atoms with Crippen molar-refractivity contribution in [3.8, 4) is 0 Å². The van der Waals surface area contributed by atoms with Gasteiger partial charge in [0.2, 0.25) is 11.8 Å². The summed E-state index contributed by atoms with van der Waals surface area (Å²) in [4.78, 5) is 41.7. The van der Waals surface area contributed by atoms with Crippen molar-refractivity contribution in [3.63, 3.8) is 0 Å². The summed E-state index contributed by atoms with van der Waals surface area (Å²) in [5.41, 5.74) is -2.57. The summed E-state index contributed by atoms with van der Waals surface area (Å²) in [6.07, 6.45) is -10.1. The Bertz CT molecular complexity index is 1610. The molecule has 14 heteroatoms. The Labute approximate surface area is 258 Å². The predicted octanol–water partition coefficient (Wildman–Crippen LogP) is 6.73. The van der Waals surface area contributed by atoms with E-state index >= 15 is 0 Å². The Balaban J connectivity index is 1.65. The molecule has 3 aromatic rings. The number of hydrogen-bond acceptors (Lipinski definition) is 3. The van der Waals surface area contributed by atoms with Crippen LogP contribution in [-0.4, -0.2) is 35.8 Å². The normalized spacial score (nSPS) is 16.2. The topological polar surface area (TPSA) is 78.5 Å². The van der Waals surface area contributed by atoms with Gasteiger partial charge in [-0.1, -0.05) is 29.8 Å². The molecule has 0 saturated heterocycles. The van der Waals surface area contributed by atoms with Gasteiger partial charge in [-0.05, 0) is 80.3 Å². The lowest BCUT2D eigenvalue weighted by Gasteiger charge is -2.30. The Morgan fingerprint density at radius 3 is 2.29 bits per heavy atom. The highest BCUT2D eigenvalue weighted by Crippen LogP contribution is 2.36. The van der Waals surface area contributed by atoms with Crippen LogP contribution in [-0.2, 0) is 34.8 Å². The molecular weight excluding hydrogens is 631 g/mol. The van der Waals surface area contributed by atoms with Gasteiger partial charge in [0.1, 0.15) is 17.9 Å². The molecule has 45 heavy (non-hydrogen) atoms. The van der Waals surface area contributed by atoms with Crippen LogP contribution in [0.2, 0.25) is 5.02 Å². The van der Waals surface area contributed by atoms with Gasteiger partial charge in [0.15, 0.2) is 0 Å². The van der Waals surface area contributed by atoms with Gasteiger partial charge in [0, 0.05) is 23.2 Å². The second-order valence-corrected chi connectivity index (χ2v) is 11.2. The minimum absolute atomic E-state index is 0.0226. The number of aryl methyl sites for hydroxylation is 1. The maximum Gasteiger partial charge on any atom is 0.417 e. The fourth-order valence-corrected chi connectivity index (χ4v) is 5.34. The second kappa shape index (κ2) is 13.1. The standard InChI is InChI=1S/C31H27ClF7N3O3/c1-16(2)42-26-12-8-19(30(34,35)36)13-18(26)7-11-24(29(42)45)40-28(44)25(14-17-5-3-4-6-23(17)32)41-27(43)21-10-9-20(33)15-22(21)31(37,38)39/h3-6,8-10,12-13,15-16,24-25H,7,11,14H2,1-2H3,(H,40,44)(H,41,43)/t24?,25-/m1/s1. The first kappa shape index (κ1) is 33.8. The number of hydrogen-bond donors (Lipinski definition) is 2. The van der Waals surface area contributed by atoms with Crippen LogP contribution in [0.4, 0.5) is 36.4 Å². The molecule has 6 nitrogen and oxygen atoms in total. The minimum atomic E-state index is -5.09. The Morgan fingerprint density at radius 2 is 1.67 bits per heavy atom. The number of rotatable bonds is 7. The number of fused-ring (bicyclic) bond motifs is 1. The number of alkyl halides is 6.